The molecule has 0 atom stereocenters. The Morgan fingerprint density at radius 2 is 1.67 bits per heavy atom. The van der Waals surface area contributed by atoms with Gasteiger partial charge in [-0.25, -0.2) is 0 Å². The molecule has 0 bridgehead atoms. The quantitative estimate of drug-likeness (QED) is 0.247. The summed E-state index contributed by atoms with van der Waals surface area (Å²) in [5.74, 6) is 0. The van der Waals surface area contributed by atoms with Crippen LogP contribution in [0.2, 0.25) is 0 Å². The van der Waals surface area contributed by atoms with Gasteiger partial charge in [0.25, 0.3) is 0 Å². The van der Waals surface area contributed by atoms with Gasteiger partial charge in [-0.2, -0.15) is 0 Å². The summed E-state index contributed by atoms with van der Waals surface area (Å²) in [7, 11) is 0. The number of benzene rings is 3. The molecule has 4 aromatic rings. The van der Waals surface area contributed by atoms with Crippen molar-refractivity contribution in [2.75, 3.05) is 0 Å². The van der Waals surface area contributed by atoms with Crippen molar-refractivity contribution in [1.82, 2.24) is 4.98 Å². The molecule has 5 rings (SSSR count). The molecule has 27 heavy (non-hydrogen) atoms. The van der Waals surface area contributed by atoms with E-state index in [0.717, 1.165) is 27.9 Å². The first-order valence-electron chi connectivity index (χ1n) is 8.69. The van der Waals surface area contributed by atoms with Gasteiger partial charge >= 0.3 is 0 Å². The van der Waals surface area contributed by atoms with Gasteiger partial charge in [0, 0.05) is 25.5 Å². The Labute approximate surface area is 172 Å². The van der Waals surface area contributed by atoms with Crippen LogP contribution in [0.3, 0.4) is 0 Å². The van der Waals surface area contributed by atoms with Gasteiger partial charge in [-0.15, -0.1) is 35.4 Å². The Bertz CT molecular complexity index is 1200. The van der Waals surface area contributed by atoms with Crippen LogP contribution in [0, 0.1) is 6.07 Å². The zero-order chi connectivity index (χ0) is 17.5. The first kappa shape index (κ1) is 17.6. The van der Waals surface area contributed by atoms with Crippen LogP contribution in [-0.4, -0.2) is 4.98 Å². The largest absolute Gasteiger partial charge is 0.296 e. The molecule has 1 aromatic heterocycles. The fourth-order valence-corrected chi connectivity index (χ4v) is 3.57. The van der Waals surface area contributed by atoms with Gasteiger partial charge in [-0.05, 0) is 40.1 Å². The summed E-state index contributed by atoms with van der Waals surface area (Å²) in [6, 6.07) is 26.4. The number of aromatic nitrogens is 1. The molecule has 0 amide bonds. The van der Waals surface area contributed by atoms with Crippen molar-refractivity contribution in [1.29, 1.82) is 0 Å². The second kappa shape index (κ2) is 7.07. The summed E-state index contributed by atoms with van der Waals surface area (Å²) in [5.41, 5.74) is 8.92. The molecule has 2 heteroatoms. The van der Waals surface area contributed by atoms with Crippen molar-refractivity contribution in [2.24, 2.45) is 0 Å². The molecule has 131 valence electrons. The molecule has 0 aliphatic heterocycles. The van der Waals surface area contributed by atoms with E-state index in [1.165, 1.54) is 22.1 Å². The molecule has 0 saturated carbocycles. The van der Waals surface area contributed by atoms with Crippen molar-refractivity contribution < 1.29 is 20.1 Å². The van der Waals surface area contributed by atoms with Crippen molar-refractivity contribution in [3.05, 3.63) is 96.1 Å². The number of hydrogen-bond donors (Lipinski definition) is 0. The van der Waals surface area contributed by atoms with Gasteiger partial charge in [-0.1, -0.05) is 61.2 Å². The SMILES string of the molecule is C=Cc1cccc(-c2cc[c-]c(-c3cc4c5c(cccc5n3)C=C4)c2)c1.[Ir]. The van der Waals surface area contributed by atoms with Gasteiger partial charge in [-0.3, -0.25) is 4.98 Å². The minimum Gasteiger partial charge on any atom is -0.296 e. The molecule has 0 saturated heterocycles. The zero-order valence-corrected chi connectivity index (χ0v) is 17.0. The van der Waals surface area contributed by atoms with E-state index < -0.39 is 0 Å². The van der Waals surface area contributed by atoms with Crippen LogP contribution in [0.25, 0.3) is 51.5 Å². The third-order valence-electron chi connectivity index (χ3n) is 4.87. The van der Waals surface area contributed by atoms with Gasteiger partial charge < -0.3 is 0 Å². The summed E-state index contributed by atoms with van der Waals surface area (Å²) in [6.07, 6.45) is 6.19. The van der Waals surface area contributed by atoms with E-state index in [2.05, 4.69) is 85.5 Å². The first-order valence-corrected chi connectivity index (χ1v) is 8.69. The molecular weight excluding hydrogens is 506 g/mol. The fraction of sp³-hybridized carbons (Fsp3) is 0. The van der Waals surface area contributed by atoms with E-state index in [4.69, 9.17) is 4.98 Å². The maximum absolute atomic E-state index is 4.89. The Morgan fingerprint density at radius 3 is 2.56 bits per heavy atom. The van der Waals surface area contributed by atoms with E-state index in [1.807, 2.05) is 12.1 Å². The third kappa shape index (κ3) is 3.08. The Morgan fingerprint density at radius 1 is 0.852 bits per heavy atom. The average molecular weight is 523 g/mol. The van der Waals surface area contributed by atoms with Crippen LogP contribution in [-0.2, 0) is 20.1 Å². The molecule has 1 aliphatic rings. The van der Waals surface area contributed by atoms with E-state index in [1.54, 1.807) is 0 Å². The van der Waals surface area contributed by atoms with Crippen molar-refractivity contribution in [3.8, 4) is 22.4 Å². The molecule has 3 aromatic carbocycles. The molecule has 1 aliphatic carbocycles. The minimum absolute atomic E-state index is 0. The number of rotatable bonds is 3. The number of nitrogens with zero attached hydrogens (tertiary/aromatic N) is 1. The standard InChI is InChI=1S/C25H16N.Ir/c1-2-17-6-3-8-19(14-17)20-9-4-10-21(15-20)24-16-22-13-12-18-7-5-11-23(26-24)25(18)22;/h2-9,11-16H,1H2;/q-1;. The molecule has 1 nitrogen and oxygen atoms in total. The molecule has 0 unspecified atom stereocenters. The summed E-state index contributed by atoms with van der Waals surface area (Å²) in [4.78, 5) is 4.89. The first-order chi connectivity index (χ1) is 12.8. The van der Waals surface area contributed by atoms with Crippen LogP contribution < -0.4 is 0 Å². The smallest absolute Gasteiger partial charge is 0.0607 e. The van der Waals surface area contributed by atoms with Crippen LogP contribution in [0.4, 0.5) is 0 Å². The van der Waals surface area contributed by atoms with Crippen LogP contribution in [0.15, 0.2) is 73.3 Å². The number of hydrogen-bond acceptors (Lipinski definition) is 1. The van der Waals surface area contributed by atoms with Gasteiger partial charge in [0.1, 0.15) is 0 Å². The Balaban J connectivity index is 0.00000180. The van der Waals surface area contributed by atoms with Crippen LogP contribution in [0.5, 0.6) is 0 Å². The molecule has 1 heterocycles. The van der Waals surface area contributed by atoms with E-state index in [-0.39, 0.29) is 20.1 Å². The summed E-state index contributed by atoms with van der Waals surface area (Å²) < 4.78 is 0. The predicted octanol–water partition coefficient (Wildman–Crippen LogP) is 6.49. The van der Waals surface area contributed by atoms with E-state index in [0.29, 0.717) is 0 Å². The Kier molecular flexibility index (Phi) is 4.61. The maximum Gasteiger partial charge on any atom is 0.0607 e. The van der Waals surface area contributed by atoms with Gasteiger partial charge in [0.2, 0.25) is 0 Å². The molecular formula is C25H16IrN-. The molecule has 0 N–H and O–H groups in total. The third-order valence-corrected chi connectivity index (χ3v) is 4.87. The summed E-state index contributed by atoms with van der Waals surface area (Å²) >= 11 is 0. The van der Waals surface area contributed by atoms with Crippen molar-refractivity contribution in [3.63, 3.8) is 0 Å². The van der Waals surface area contributed by atoms with Crippen LogP contribution in [0.1, 0.15) is 16.7 Å². The fourth-order valence-electron chi connectivity index (χ4n) is 3.57. The van der Waals surface area contributed by atoms with Crippen molar-refractivity contribution >= 4 is 29.1 Å². The van der Waals surface area contributed by atoms with Crippen molar-refractivity contribution in [2.45, 2.75) is 0 Å². The van der Waals surface area contributed by atoms with Gasteiger partial charge in [0.15, 0.2) is 0 Å². The average Bonchev–Trinajstić information content (AvgIpc) is 3.13. The number of pyridine rings is 1. The van der Waals surface area contributed by atoms with Gasteiger partial charge in [0.05, 0.1) is 5.52 Å². The minimum atomic E-state index is 0. The van der Waals surface area contributed by atoms with Crippen LogP contribution >= 0.6 is 0 Å². The second-order valence-corrected chi connectivity index (χ2v) is 6.49. The Hall–Kier alpha value is -2.80. The monoisotopic (exact) mass is 523 g/mol. The molecule has 0 spiro atoms. The predicted molar refractivity (Wildman–Crippen MR) is 110 cm³/mol. The topological polar surface area (TPSA) is 12.9 Å². The van der Waals surface area contributed by atoms with E-state index in [9.17, 15) is 0 Å². The summed E-state index contributed by atoms with van der Waals surface area (Å²) in [6.45, 7) is 3.86. The molecule has 0 fully saturated rings. The molecule has 1 radical (unpaired) electrons. The maximum atomic E-state index is 4.89. The van der Waals surface area contributed by atoms with E-state index >= 15 is 0 Å². The summed E-state index contributed by atoms with van der Waals surface area (Å²) in [5, 5.41) is 1.24. The normalized spacial score (nSPS) is 11.4. The second-order valence-electron chi connectivity index (χ2n) is 6.49. The zero-order valence-electron chi connectivity index (χ0n) is 14.6.